The number of esters is 2. The number of hydrogen-bond acceptors (Lipinski definition) is 11. The zero-order chi connectivity index (χ0) is 46.8. The highest BCUT2D eigenvalue weighted by atomic mass is 32.2. The molecule has 0 spiro atoms. The Bertz CT molecular complexity index is 1240. The van der Waals surface area contributed by atoms with Gasteiger partial charge in [0.05, 0.1) is 6.54 Å². The Morgan fingerprint density at radius 2 is 1.00 bits per heavy atom. The van der Waals surface area contributed by atoms with Crippen LogP contribution in [-0.4, -0.2) is 94.8 Å². The Labute approximate surface area is 383 Å². The summed E-state index contributed by atoms with van der Waals surface area (Å²) < 4.78 is 11.3. The molecule has 0 saturated heterocycles. The molecule has 0 aromatic rings. The third-order valence-corrected chi connectivity index (χ3v) is 11.9. The predicted molar refractivity (Wildman–Crippen MR) is 249 cm³/mol. The van der Waals surface area contributed by atoms with E-state index in [2.05, 4.69) is 29.8 Å². The lowest BCUT2D eigenvalue weighted by atomic mass is 10.0. The number of ether oxygens (including phenoxy) is 2. The molecule has 0 saturated carbocycles. The fraction of sp³-hybridized carbons (Fsp3) is 0.851. The van der Waals surface area contributed by atoms with Crippen LogP contribution < -0.4 is 21.7 Å². The summed E-state index contributed by atoms with van der Waals surface area (Å²) in [6.07, 6.45) is 28.9. The maximum Gasteiger partial charge on any atom is 0.326 e. The second-order valence-electron chi connectivity index (χ2n) is 16.8. The molecule has 16 heteroatoms. The van der Waals surface area contributed by atoms with Gasteiger partial charge in [0, 0.05) is 37.2 Å². The van der Waals surface area contributed by atoms with Crippen molar-refractivity contribution >= 4 is 53.4 Å². The number of nitrogens with two attached hydrogens (primary N) is 1. The predicted octanol–water partition coefficient (Wildman–Crippen LogP) is 8.48. The van der Waals surface area contributed by atoms with Crippen LogP contribution in [0.4, 0.5) is 0 Å². The molecule has 0 fully saturated rings. The Morgan fingerprint density at radius 3 is 1.44 bits per heavy atom. The molecule has 0 aromatic heterocycles. The minimum Gasteiger partial charge on any atom is -0.481 e. The van der Waals surface area contributed by atoms with Gasteiger partial charge in [-0.25, -0.2) is 4.79 Å². The van der Waals surface area contributed by atoms with Crippen LogP contribution in [0.1, 0.15) is 213 Å². The van der Waals surface area contributed by atoms with Gasteiger partial charge >= 0.3 is 23.9 Å². The van der Waals surface area contributed by atoms with Crippen molar-refractivity contribution in [2.24, 2.45) is 5.73 Å². The van der Waals surface area contributed by atoms with Gasteiger partial charge in [0.2, 0.25) is 11.8 Å². The zero-order valence-corrected chi connectivity index (χ0v) is 39.9. The fourth-order valence-electron chi connectivity index (χ4n) is 6.93. The van der Waals surface area contributed by atoms with Crippen LogP contribution in [0.25, 0.3) is 0 Å². The quantitative estimate of drug-likeness (QED) is 0.0191. The number of carbonyl (C=O) groups is 7. The van der Waals surface area contributed by atoms with E-state index in [0.717, 1.165) is 44.9 Å². The number of hydrogen-bond donors (Lipinski definition) is 6. The van der Waals surface area contributed by atoms with Gasteiger partial charge in [0.15, 0.2) is 6.17 Å². The highest BCUT2D eigenvalue weighted by Crippen LogP contribution is 2.16. The summed E-state index contributed by atoms with van der Waals surface area (Å²) in [4.78, 5) is 84.4. The minimum atomic E-state index is -1.49. The van der Waals surface area contributed by atoms with E-state index in [9.17, 15) is 38.7 Å². The van der Waals surface area contributed by atoms with Gasteiger partial charge in [-0.15, -0.1) is 0 Å². The summed E-state index contributed by atoms with van der Waals surface area (Å²) in [5.41, 5.74) is 5.77. The first kappa shape index (κ1) is 59.6. The third-order valence-electron chi connectivity index (χ3n) is 10.8. The number of amides is 3. The monoisotopic (exact) mass is 915 g/mol. The summed E-state index contributed by atoms with van der Waals surface area (Å²) in [6, 6.07) is -1.45. The van der Waals surface area contributed by atoms with Gasteiger partial charge < -0.3 is 41.4 Å². The largest absolute Gasteiger partial charge is 0.481 e. The molecule has 0 bridgehead atoms. The Balaban J connectivity index is 4.67. The number of aliphatic carboxylic acids is 2. The normalized spacial score (nSPS) is 12.5. The maximum atomic E-state index is 12.8. The summed E-state index contributed by atoms with van der Waals surface area (Å²) in [5, 5.41) is 24.6. The lowest BCUT2D eigenvalue weighted by molar-refractivity contribution is -0.157. The molecule has 3 amide bonds. The number of unbranched alkanes of at least 4 members (excludes halogenated alkanes) is 24. The first-order valence-corrected chi connectivity index (χ1v) is 25.5. The molecule has 15 nitrogen and oxygen atoms in total. The molecule has 0 aromatic carbocycles. The van der Waals surface area contributed by atoms with Gasteiger partial charge in [-0.1, -0.05) is 168 Å². The fourth-order valence-corrected chi connectivity index (χ4v) is 7.86. The van der Waals surface area contributed by atoms with Crippen molar-refractivity contribution in [2.45, 2.75) is 231 Å². The molecule has 0 aliphatic rings. The van der Waals surface area contributed by atoms with Crippen LogP contribution in [0.2, 0.25) is 0 Å². The summed E-state index contributed by atoms with van der Waals surface area (Å²) in [7, 11) is 0. The van der Waals surface area contributed by atoms with E-state index < -0.39 is 60.9 Å². The summed E-state index contributed by atoms with van der Waals surface area (Å²) in [5.74, 6) is -5.06. The molecule has 0 aliphatic carbocycles. The second-order valence-corrected chi connectivity index (χ2v) is 17.9. The number of thioether (sulfide) groups is 1. The van der Waals surface area contributed by atoms with E-state index in [4.69, 9.17) is 20.3 Å². The van der Waals surface area contributed by atoms with Crippen molar-refractivity contribution in [1.29, 1.82) is 0 Å². The van der Waals surface area contributed by atoms with Crippen molar-refractivity contribution in [3.8, 4) is 0 Å². The van der Waals surface area contributed by atoms with Crippen molar-refractivity contribution in [3.05, 3.63) is 0 Å². The molecule has 0 heterocycles. The van der Waals surface area contributed by atoms with Crippen molar-refractivity contribution in [2.75, 3.05) is 24.7 Å². The van der Waals surface area contributed by atoms with Gasteiger partial charge in [0.1, 0.15) is 18.8 Å². The molecule has 0 radical (unpaired) electrons. The minimum absolute atomic E-state index is 0.0333. The van der Waals surface area contributed by atoms with E-state index in [1.807, 2.05) is 0 Å². The number of carboxylic acids is 2. The molecule has 0 aliphatic heterocycles. The van der Waals surface area contributed by atoms with Gasteiger partial charge in [-0.3, -0.25) is 28.8 Å². The van der Waals surface area contributed by atoms with Crippen LogP contribution >= 0.6 is 11.8 Å². The van der Waals surface area contributed by atoms with Crippen molar-refractivity contribution < 1.29 is 53.2 Å². The summed E-state index contributed by atoms with van der Waals surface area (Å²) >= 11 is 1.32. The van der Waals surface area contributed by atoms with Gasteiger partial charge in [0.25, 0.3) is 5.91 Å². The molecule has 63 heavy (non-hydrogen) atoms. The topological polar surface area (TPSA) is 241 Å². The number of carbonyl (C=O) groups excluding carboxylic acids is 5. The Morgan fingerprint density at radius 1 is 0.556 bits per heavy atom. The molecule has 366 valence electrons. The maximum absolute atomic E-state index is 12.8. The lowest BCUT2D eigenvalue weighted by Gasteiger charge is -2.18. The van der Waals surface area contributed by atoms with Crippen LogP contribution in [0.15, 0.2) is 0 Å². The molecule has 0 rings (SSSR count). The van der Waals surface area contributed by atoms with Crippen molar-refractivity contribution in [1.82, 2.24) is 16.0 Å². The van der Waals surface area contributed by atoms with E-state index in [1.54, 1.807) is 0 Å². The Hall–Kier alpha value is -3.40. The standard InChI is InChI=1S/C47H86N4O11S/c1-3-5-7-9-11-13-15-17-19-21-23-25-27-29-43(56)61-36-38(62-44(57)30-28-26-24-22-20-18-16-14-12-10-8-6-4-2)37-63-34-33-40(52)51-45(48)46(58)49-35-41(53)50-39(47(59)60)31-32-42(54)55/h38-39,45H,3-37,48H2,1-2H3,(H,49,58)(H,50,53)(H,51,52)(H,54,55)(H,59,60)/t38-,39?,45-/m1/s1. The van der Waals surface area contributed by atoms with E-state index in [-0.39, 0.29) is 49.3 Å². The molecule has 3 atom stereocenters. The number of nitrogens with one attached hydrogen (secondary N) is 3. The first-order chi connectivity index (χ1) is 30.4. The van der Waals surface area contributed by atoms with E-state index >= 15 is 0 Å². The highest BCUT2D eigenvalue weighted by molar-refractivity contribution is 7.99. The highest BCUT2D eigenvalue weighted by Gasteiger charge is 2.23. The molecular formula is C47H86N4O11S. The lowest BCUT2D eigenvalue weighted by Crippen LogP contribution is -2.54. The average molecular weight is 915 g/mol. The number of rotatable bonds is 45. The average Bonchev–Trinajstić information content (AvgIpc) is 3.24. The molecule has 7 N–H and O–H groups in total. The van der Waals surface area contributed by atoms with Crippen molar-refractivity contribution in [3.63, 3.8) is 0 Å². The zero-order valence-electron chi connectivity index (χ0n) is 39.0. The third kappa shape index (κ3) is 39.9. The first-order valence-electron chi connectivity index (χ1n) is 24.4. The van der Waals surface area contributed by atoms with Crippen LogP contribution in [0.3, 0.4) is 0 Å². The Kier molecular flexibility index (Phi) is 40.2. The number of carboxylic acid groups (broad SMARTS) is 2. The SMILES string of the molecule is CCCCCCCCCCCCCCCC(=O)OC[C@H](CSCCC(=O)N[C@@H](N)C(=O)NCC(=O)NC(CCC(=O)O)C(=O)O)OC(=O)CCCCCCCCCCCCCCC. The second kappa shape index (κ2) is 42.5. The van der Waals surface area contributed by atoms with E-state index in [0.29, 0.717) is 6.42 Å². The summed E-state index contributed by atoms with van der Waals surface area (Å²) in [6.45, 7) is 3.76. The van der Waals surface area contributed by atoms with Gasteiger partial charge in [-0.2, -0.15) is 11.8 Å². The van der Waals surface area contributed by atoms with Gasteiger partial charge in [-0.05, 0) is 19.3 Å². The van der Waals surface area contributed by atoms with Crippen LogP contribution in [0.5, 0.6) is 0 Å². The van der Waals surface area contributed by atoms with E-state index in [1.165, 1.54) is 134 Å². The van der Waals surface area contributed by atoms with Crippen LogP contribution in [0, 0.1) is 0 Å². The molecule has 1 unspecified atom stereocenters. The smallest absolute Gasteiger partial charge is 0.326 e. The molecular weight excluding hydrogens is 829 g/mol. The van der Waals surface area contributed by atoms with Crippen LogP contribution in [-0.2, 0) is 43.0 Å².